The molecule has 4 fully saturated rings. The Morgan fingerprint density at radius 1 is 0.750 bits per heavy atom. The van der Waals surface area contributed by atoms with Crippen LogP contribution in [0.2, 0.25) is 0 Å². The van der Waals surface area contributed by atoms with Crippen LogP contribution >= 0.6 is 0 Å². The maximum absolute atomic E-state index is 12.6. The SMILES string of the molecule is O=C(Nc1ccc(C(=O)c2ccccc2)cc1)NC12CC3CC(CC(C3)C1)C2. The van der Waals surface area contributed by atoms with Gasteiger partial charge in [0.2, 0.25) is 0 Å². The fourth-order valence-electron chi connectivity index (χ4n) is 6.13. The highest BCUT2D eigenvalue weighted by Gasteiger charge is 2.51. The third-order valence-corrected chi connectivity index (χ3v) is 6.86. The second-order valence-corrected chi connectivity index (χ2v) is 9.05. The second kappa shape index (κ2) is 6.77. The Bertz CT molecular complexity index is 853. The number of nitrogens with one attached hydrogen (secondary N) is 2. The van der Waals surface area contributed by atoms with Gasteiger partial charge in [0.15, 0.2) is 5.78 Å². The lowest BCUT2D eigenvalue weighted by molar-refractivity contribution is -0.0127. The number of urea groups is 1. The van der Waals surface area contributed by atoms with Gasteiger partial charge in [0.25, 0.3) is 0 Å². The first-order chi connectivity index (χ1) is 13.6. The highest BCUT2D eigenvalue weighted by molar-refractivity contribution is 6.09. The van der Waals surface area contributed by atoms with Gasteiger partial charge < -0.3 is 10.6 Å². The van der Waals surface area contributed by atoms with E-state index in [1.807, 2.05) is 30.3 Å². The monoisotopic (exact) mass is 374 g/mol. The molecular formula is C24H26N2O2. The van der Waals surface area contributed by atoms with Gasteiger partial charge >= 0.3 is 6.03 Å². The van der Waals surface area contributed by atoms with Crippen LogP contribution in [0.3, 0.4) is 0 Å². The van der Waals surface area contributed by atoms with Crippen molar-refractivity contribution in [3.8, 4) is 0 Å². The molecule has 2 N–H and O–H groups in total. The van der Waals surface area contributed by atoms with Crippen LogP contribution < -0.4 is 10.6 Å². The van der Waals surface area contributed by atoms with Crippen molar-refractivity contribution < 1.29 is 9.59 Å². The molecule has 4 aliphatic rings. The summed E-state index contributed by atoms with van der Waals surface area (Å²) in [4.78, 5) is 25.1. The van der Waals surface area contributed by atoms with Crippen LogP contribution in [0.15, 0.2) is 54.6 Å². The molecular weight excluding hydrogens is 348 g/mol. The summed E-state index contributed by atoms with van der Waals surface area (Å²) in [6.45, 7) is 0. The maximum Gasteiger partial charge on any atom is 0.319 e. The summed E-state index contributed by atoms with van der Waals surface area (Å²) in [6, 6.07) is 16.3. The van der Waals surface area contributed by atoms with Gasteiger partial charge in [-0.15, -0.1) is 0 Å². The van der Waals surface area contributed by atoms with E-state index in [0.29, 0.717) is 16.8 Å². The van der Waals surface area contributed by atoms with Crippen molar-refractivity contribution in [1.29, 1.82) is 0 Å². The zero-order valence-corrected chi connectivity index (χ0v) is 16.0. The molecule has 0 unspecified atom stereocenters. The number of carbonyl (C=O) groups excluding carboxylic acids is 2. The highest BCUT2D eigenvalue weighted by atomic mass is 16.2. The molecule has 4 bridgehead atoms. The zero-order chi connectivity index (χ0) is 19.1. The van der Waals surface area contributed by atoms with E-state index in [0.717, 1.165) is 37.0 Å². The molecule has 2 aromatic rings. The Kier molecular flexibility index (Phi) is 4.22. The van der Waals surface area contributed by atoms with E-state index in [1.165, 1.54) is 19.3 Å². The molecule has 4 aliphatic carbocycles. The topological polar surface area (TPSA) is 58.2 Å². The Morgan fingerprint density at radius 2 is 1.29 bits per heavy atom. The van der Waals surface area contributed by atoms with Gasteiger partial charge in [0.05, 0.1) is 0 Å². The van der Waals surface area contributed by atoms with Crippen molar-refractivity contribution >= 4 is 17.5 Å². The first kappa shape index (κ1) is 17.5. The minimum atomic E-state index is -0.121. The molecule has 0 aliphatic heterocycles. The third kappa shape index (κ3) is 3.32. The molecule has 4 heteroatoms. The predicted octanol–water partition coefficient (Wildman–Crippen LogP) is 5.01. The van der Waals surface area contributed by atoms with Crippen molar-refractivity contribution in [3.05, 3.63) is 65.7 Å². The van der Waals surface area contributed by atoms with Crippen LogP contribution in [0.25, 0.3) is 0 Å². The number of hydrogen-bond acceptors (Lipinski definition) is 2. The molecule has 4 saturated carbocycles. The summed E-state index contributed by atoms with van der Waals surface area (Å²) in [7, 11) is 0. The summed E-state index contributed by atoms with van der Waals surface area (Å²) in [5.41, 5.74) is 2.01. The summed E-state index contributed by atoms with van der Waals surface area (Å²) in [6.07, 6.45) is 7.49. The van der Waals surface area contributed by atoms with E-state index < -0.39 is 0 Å². The van der Waals surface area contributed by atoms with Crippen LogP contribution in [-0.4, -0.2) is 17.4 Å². The van der Waals surface area contributed by atoms with E-state index in [9.17, 15) is 9.59 Å². The minimum absolute atomic E-state index is 0.00203. The molecule has 0 spiro atoms. The number of rotatable bonds is 4. The number of carbonyl (C=O) groups is 2. The van der Waals surface area contributed by atoms with Gasteiger partial charge in [0, 0.05) is 22.4 Å². The Hall–Kier alpha value is -2.62. The van der Waals surface area contributed by atoms with Crippen molar-refractivity contribution in [3.63, 3.8) is 0 Å². The minimum Gasteiger partial charge on any atom is -0.332 e. The summed E-state index contributed by atoms with van der Waals surface area (Å²) < 4.78 is 0. The molecule has 0 atom stereocenters. The largest absolute Gasteiger partial charge is 0.332 e. The van der Waals surface area contributed by atoms with Gasteiger partial charge in [0.1, 0.15) is 0 Å². The molecule has 0 saturated heterocycles. The average molecular weight is 374 g/mol. The number of hydrogen-bond donors (Lipinski definition) is 2. The van der Waals surface area contributed by atoms with Crippen LogP contribution in [0.1, 0.15) is 54.4 Å². The molecule has 2 aromatic carbocycles. The summed E-state index contributed by atoms with van der Waals surface area (Å²) in [5.74, 6) is 2.39. The maximum atomic E-state index is 12.6. The summed E-state index contributed by atoms with van der Waals surface area (Å²) in [5, 5.41) is 6.28. The van der Waals surface area contributed by atoms with Crippen LogP contribution in [0, 0.1) is 17.8 Å². The van der Waals surface area contributed by atoms with E-state index in [4.69, 9.17) is 0 Å². The molecule has 0 aromatic heterocycles. The van der Waals surface area contributed by atoms with Gasteiger partial charge in [-0.1, -0.05) is 30.3 Å². The molecule has 4 nitrogen and oxygen atoms in total. The number of ketones is 1. The number of anilines is 1. The Balaban J connectivity index is 1.23. The fraction of sp³-hybridized carbons (Fsp3) is 0.417. The van der Waals surface area contributed by atoms with Crippen LogP contribution in [0.5, 0.6) is 0 Å². The van der Waals surface area contributed by atoms with Gasteiger partial charge in [-0.25, -0.2) is 4.79 Å². The quantitative estimate of drug-likeness (QED) is 0.739. The lowest BCUT2D eigenvalue weighted by Gasteiger charge is -2.56. The average Bonchev–Trinajstić information content (AvgIpc) is 2.67. The standard InChI is InChI=1S/C24H26N2O2/c27-22(19-4-2-1-3-5-19)20-6-8-21(9-7-20)25-23(28)26-24-13-16-10-17(14-24)12-18(11-16)15-24/h1-9,16-18H,10-15H2,(H2,25,26,28). The first-order valence-corrected chi connectivity index (χ1v) is 10.4. The highest BCUT2D eigenvalue weighted by Crippen LogP contribution is 2.55. The van der Waals surface area contributed by atoms with Crippen molar-refractivity contribution in [2.24, 2.45) is 17.8 Å². The molecule has 0 heterocycles. The molecule has 6 rings (SSSR count). The molecule has 144 valence electrons. The van der Waals surface area contributed by atoms with E-state index >= 15 is 0 Å². The first-order valence-electron chi connectivity index (χ1n) is 10.4. The normalized spacial score (nSPS) is 30.1. The lowest BCUT2D eigenvalue weighted by atomic mass is 9.53. The van der Waals surface area contributed by atoms with Crippen molar-refractivity contribution in [2.75, 3.05) is 5.32 Å². The summed E-state index contributed by atoms with van der Waals surface area (Å²) >= 11 is 0. The molecule has 2 amide bonds. The van der Waals surface area contributed by atoms with Gasteiger partial charge in [-0.3, -0.25) is 4.79 Å². The number of amides is 2. The van der Waals surface area contributed by atoms with Crippen LogP contribution in [-0.2, 0) is 0 Å². The van der Waals surface area contributed by atoms with Gasteiger partial charge in [-0.05, 0) is 80.5 Å². The Labute approximate surface area is 165 Å². The van der Waals surface area contributed by atoms with E-state index in [2.05, 4.69) is 10.6 Å². The lowest BCUT2D eigenvalue weighted by Crippen LogP contribution is -2.60. The fourth-order valence-corrected chi connectivity index (χ4v) is 6.13. The van der Waals surface area contributed by atoms with Gasteiger partial charge in [-0.2, -0.15) is 0 Å². The Morgan fingerprint density at radius 3 is 1.86 bits per heavy atom. The predicted molar refractivity (Wildman–Crippen MR) is 109 cm³/mol. The van der Waals surface area contributed by atoms with E-state index in [1.54, 1.807) is 24.3 Å². The van der Waals surface area contributed by atoms with Crippen LogP contribution in [0.4, 0.5) is 10.5 Å². The molecule has 0 radical (unpaired) electrons. The van der Waals surface area contributed by atoms with Crippen molar-refractivity contribution in [2.45, 2.75) is 44.1 Å². The zero-order valence-electron chi connectivity index (χ0n) is 16.0. The molecule has 28 heavy (non-hydrogen) atoms. The van der Waals surface area contributed by atoms with E-state index in [-0.39, 0.29) is 17.4 Å². The third-order valence-electron chi connectivity index (χ3n) is 6.86. The van der Waals surface area contributed by atoms with Crippen molar-refractivity contribution in [1.82, 2.24) is 5.32 Å². The number of benzene rings is 2. The smallest absolute Gasteiger partial charge is 0.319 e. The second-order valence-electron chi connectivity index (χ2n) is 9.05.